The average molecular weight is 388 g/mol. The van der Waals surface area contributed by atoms with Gasteiger partial charge >= 0.3 is 0 Å². The molecule has 0 fully saturated rings. The van der Waals surface area contributed by atoms with Gasteiger partial charge in [0.15, 0.2) is 0 Å². The summed E-state index contributed by atoms with van der Waals surface area (Å²) in [5.41, 5.74) is 2.38. The summed E-state index contributed by atoms with van der Waals surface area (Å²) < 4.78 is 0. The third-order valence-electron chi connectivity index (χ3n) is 4.67. The van der Waals surface area contributed by atoms with Crippen LogP contribution in [0.15, 0.2) is 84.9 Å². The number of phenols is 1. The van der Waals surface area contributed by atoms with Gasteiger partial charge < -0.3 is 15.7 Å². The Bertz CT molecular complexity index is 903. The molecular formula is C24H24N2O3. The number of benzene rings is 3. The minimum Gasteiger partial charge on any atom is -0.507 e. The number of hydrogen-bond acceptors (Lipinski definition) is 3. The van der Waals surface area contributed by atoms with Crippen molar-refractivity contribution < 1.29 is 14.7 Å². The molecule has 0 unspecified atom stereocenters. The standard InChI is InChI=1S/C24H24N2O3/c27-22-14-8-7-13-20(22)24(29)26-16-15-25-23(28)17-21(18-9-3-1-4-10-18)19-11-5-2-6-12-19/h1-14,21,27H,15-17H2,(H,25,28)(H,26,29). The van der Waals surface area contributed by atoms with Crippen LogP contribution in [0.1, 0.15) is 33.8 Å². The summed E-state index contributed by atoms with van der Waals surface area (Å²) in [7, 11) is 0. The zero-order valence-corrected chi connectivity index (χ0v) is 16.0. The zero-order chi connectivity index (χ0) is 20.5. The molecule has 0 aliphatic heterocycles. The molecule has 0 aliphatic carbocycles. The highest BCUT2D eigenvalue weighted by molar-refractivity contribution is 5.96. The number of carbonyl (C=O) groups is 2. The van der Waals surface area contributed by atoms with Crippen LogP contribution in [-0.4, -0.2) is 30.0 Å². The van der Waals surface area contributed by atoms with Crippen molar-refractivity contribution in [2.24, 2.45) is 0 Å². The molecule has 148 valence electrons. The molecule has 0 aromatic heterocycles. The van der Waals surface area contributed by atoms with E-state index in [0.717, 1.165) is 11.1 Å². The number of phenolic OH excluding ortho intramolecular Hbond substituents is 1. The Hall–Kier alpha value is -3.60. The van der Waals surface area contributed by atoms with E-state index in [2.05, 4.69) is 10.6 Å². The molecule has 3 aromatic carbocycles. The fourth-order valence-corrected chi connectivity index (χ4v) is 3.20. The van der Waals surface area contributed by atoms with E-state index in [-0.39, 0.29) is 35.6 Å². The highest BCUT2D eigenvalue weighted by Gasteiger charge is 2.18. The zero-order valence-electron chi connectivity index (χ0n) is 16.0. The second-order valence-corrected chi connectivity index (χ2v) is 6.70. The van der Waals surface area contributed by atoms with Gasteiger partial charge in [0.25, 0.3) is 5.91 Å². The maximum absolute atomic E-state index is 12.5. The van der Waals surface area contributed by atoms with E-state index in [1.54, 1.807) is 18.2 Å². The topological polar surface area (TPSA) is 78.4 Å². The van der Waals surface area contributed by atoms with E-state index in [4.69, 9.17) is 0 Å². The highest BCUT2D eigenvalue weighted by atomic mass is 16.3. The normalized spacial score (nSPS) is 10.5. The number of nitrogens with one attached hydrogen (secondary N) is 2. The Morgan fingerprint density at radius 1 is 0.724 bits per heavy atom. The van der Waals surface area contributed by atoms with E-state index in [1.165, 1.54) is 6.07 Å². The first-order valence-corrected chi connectivity index (χ1v) is 9.58. The van der Waals surface area contributed by atoms with Crippen LogP contribution in [0, 0.1) is 0 Å². The first-order chi connectivity index (χ1) is 14.1. The molecule has 0 spiro atoms. The summed E-state index contributed by atoms with van der Waals surface area (Å²) in [6, 6.07) is 26.2. The molecule has 3 N–H and O–H groups in total. The van der Waals surface area contributed by atoms with Crippen LogP contribution in [-0.2, 0) is 4.79 Å². The van der Waals surface area contributed by atoms with E-state index >= 15 is 0 Å². The maximum atomic E-state index is 12.5. The van der Waals surface area contributed by atoms with Gasteiger partial charge in [-0.15, -0.1) is 0 Å². The Kier molecular flexibility index (Phi) is 7.00. The fraction of sp³-hybridized carbons (Fsp3) is 0.167. The number of hydrogen-bond donors (Lipinski definition) is 3. The van der Waals surface area contributed by atoms with E-state index in [0.29, 0.717) is 13.0 Å². The Labute approximate surface area is 170 Å². The third-order valence-corrected chi connectivity index (χ3v) is 4.67. The maximum Gasteiger partial charge on any atom is 0.255 e. The van der Waals surface area contributed by atoms with Gasteiger partial charge in [-0.05, 0) is 23.3 Å². The lowest BCUT2D eigenvalue weighted by Gasteiger charge is -2.18. The summed E-state index contributed by atoms with van der Waals surface area (Å²) in [6.07, 6.45) is 0.321. The first kappa shape index (κ1) is 20.1. The van der Waals surface area contributed by atoms with Crippen LogP contribution in [0.25, 0.3) is 0 Å². The average Bonchev–Trinajstić information content (AvgIpc) is 2.76. The van der Waals surface area contributed by atoms with E-state index < -0.39 is 0 Å². The van der Waals surface area contributed by atoms with Gasteiger partial charge in [0.1, 0.15) is 5.75 Å². The summed E-state index contributed by atoms with van der Waals surface area (Å²) in [4.78, 5) is 24.6. The molecule has 3 rings (SSSR count). The Morgan fingerprint density at radius 3 is 1.83 bits per heavy atom. The second kappa shape index (κ2) is 10.1. The molecule has 29 heavy (non-hydrogen) atoms. The van der Waals surface area contributed by atoms with E-state index in [1.807, 2.05) is 60.7 Å². The summed E-state index contributed by atoms with van der Waals surface area (Å²) in [6.45, 7) is 0.592. The minimum atomic E-state index is -0.371. The van der Waals surface area contributed by atoms with Gasteiger partial charge in [0, 0.05) is 25.4 Å². The number of rotatable bonds is 8. The van der Waals surface area contributed by atoms with Gasteiger partial charge in [-0.2, -0.15) is 0 Å². The minimum absolute atomic E-state index is 0.0340. The summed E-state index contributed by atoms with van der Waals surface area (Å²) in [5, 5.41) is 15.3. The van der Waals surface area contributed by atoms with Crippen molar-refractivity contribution in [2.75, 3.05) is 13.1 Å². The lowest BCUT2D eigenvalue weighted by molar-refractivity contribution is -0.121. The van der Waals surface area contributed by atoms with Crippen molar-refractivity contribution in [1.29, 1.82) is 0 Å². The molecule has 0 saturated heterocycles. The molecule has 0 saturated carbocycles. The molecule has 0 aliphatic rings. The highest BCUT2D eigenvalue weighted by Crippen LogP contribution is 2.27. The lowest BCUT2D eigenvalue weighted by Crippen LogP contribution is -2.35. The predicted octanol–water partition coefficient (Wildman–Crippen LogP) is 3.46. The van der Waals surface area contributed by atoms with Crippen LogP contribution in [0.2, 0.25) is 0 Å². The van der Waals surface area contributed by atoms with Crippen molar-refractivity contribution in [3.8, 4) is 5.75 Å². The van der Waals surface area contributed by atoms with Crippen molar-refractivity contribution in [2.45, 2.75) is 12.3 Å². The Balaban J connectivity index is 1.53. The third kappa shape index (κ3) is 5.69. The van der Waals surface area contributed by atoms with Crippen LogP contribution in [0.4, 0.5) is 0 Å². The quantitative estimate of drug-likeness (QED) is 0.517. The van der Waals surface area contributed by atoms with Crippen molar-refractivity contribution in [3.63, 3.8) is 0 Å². The fourth-order valence-electron chi connectivity index (χ4n) is 3.20. The molecule has 5 heteroatoms. The summed E-state index contributed by atoms with van der Waals surface area (Å²) >= 11 is 0. The van der Waals surface area contributed by atoms with Gasteiger partial charge in [0.05, 0.1) is 5.56 Å². The van der Waals surface area contributed by atoms with Gasteiger partial charge in [-0.3, -0.25) is 9.59 Å². The van der Waals surface area contributed by atoms with Gasteiger partial charge in [-0.25, -0.2) is 0 Å². The van der Waals surface area contributed by atoms with Crippen molar-refractivity contribution in [3.05, 3.63) is 102 Å². The van der Waals surface area contributed by atoms with Crippen LogP contribution < -0.4 is 10.6 Å². The number of aromatic hydroxyl groups is 1. The molecular weight excluding hydrogens is 364 g/mol. The first-order valence-electron chi connectivity index (χ1n) is 9.58. The van der Waals surface area contributed by atoms with Crippen LogP contribution in [0.3, 0.4) is 0 Å². The molecule has 3 aromatic rings. The number of amides is 2. The van der Waals surface area contributed by atoms with Crippen molar-refractivity contribution in [1.82, 2.24) is 10.6 Å². The van der Waals surface area contributed by atoms with Crippen molar-refractivity contribution >= 4 is 11.8 Å². The van der Waals surface area contributed by atoms with Crippen LogP contribution in [0.5, 0.6) is 5.75 Å². The molecule has 0 heterocycles. The second-order valence-electron chi connectivity index (χ2n) is 6.70. The molecule has 0 bridgehead atoms. The Morgan fingerprint density at radius 2 is 1.24 bits per heavy atom. The van der Waals surface area contributed by atoms with Crippen LogP contribution >= 0.6 is 0 Å². The monoisotopic (exact) mass is 388 g/mol. The number of carbonyl (C=O) groups excluding carboxylic acids is 2. The predicted molar refractivity (Wildman–Crippen MR) is 113 cm³/mol. The van der Waals surface area contributed by atoms with Gasteiger partial charge in [0.2, 0.25) is 5.91 Å². The SMILES string of the molecule is O=C(CC(c1ccccc1)c1ccccc1)NCCNC(=O)c1ccccc1O. The van der Waals surface area contributed by atoms with E-state index in [9.17, 15) is 14.7 Å². The molecule has 0 radical (unpaired) electrons. The smallest absolute Gasteiger partial charge is 0.255 e. The lowest BCUT2D eigenvalue weighted by atomic mass is 9.88. The number of para-hydroxylation sites is 1. The molecule has 0 atom stereocenters. The largest absolute Gasteiger partial charge is 0.507 e. The molecule has 2 amide bonds. The summed E-state index contributed by atoms with van der Waals surface area (Å²) in [5.74, 6) is -0.556. The molecule has 5 nitrogen and oxygen atoms in total. The van der Waals surface area contributed by atoms with Gasteiger partial charge in [-0.1, -0.05) is 72.8 Å².